The fourth-order valence-corrected chi connectivity index (χ4v) is 4.15. The van der Waals surface area contributed by atoms with Crippen LogP contribution in [-0.2, 0) is 14.9 Å². The second-order valence-electron chi connectivity index (χ2n) is 8.77. The van der Waals surface area contributed by atoms with E-state index in [-0.39, 0.29) is 17.3 Å². The van der Waals surface area contributed by atoms with Gasteiger partial charge in [-0.05, 0) is 43.7 Å². The zero-order chi connectivity index (χ0) is 20.7. The number of aliphatic imine (C=N–C) groups is 1. The molecule has 2 aliphatic heterocycles. The average Bonchev–Trinajstić information content (AvgIpc) is 2.74. The first-order valence-electron chi connectivity index (χ1n) is 10.9. The maximum absolute atomic E-state index is 14.2. The van der Waals surface area contributed by atoms with Gasteiger partial charge >= 0.3 is 0 Å². The Kier molecular flexibility index (Phi) is 7.90. The Morgan fingerprint density at radius 3 is 2.66 bits per heavy atom. The van der Waals surface area contributed by atoms with Crippen LogP contribution in [0.3, 0.4) is 0 Å². The lowest BCUT2D eigenvalue weighted by Crippen LogP contribution is -2.49. The minimum Gasteiger partial charge on any atom is -0.376 e. The number of hydrogen-bond acceptors (Lipinski definition) is 3. The van der Waals surface area contributed by atoms with E-state index in [2.05, 4.69) is 29.1 Å². The largest absolute Gasteiger partial charge is 0.376 e. The van der Waals surface area contributed by atoms with Gasteiger partial charge in [-0.25, -0.2) is 4.39 Å². The van der Waals surface area contributed by atoms with Crippen molar-refractivity contribution in [1.29, 1.82) is 0 Å². The summed E-state index contributed by atoms with van der Waals surface area (Å²) in [5.74, 6) is 0.720. The van der Waals surface area contributed by atoms with Crippen LogP contribution in [-0.4, -0.2) is 63.0 Å². The van der Waals surface area contributed by atoms with E-state index in [0.717, 1.165) is 50.5 Å². The molecule has 2 heterocycles. The fourth-order valence-electron chi connectivity index (χ4n) is 4.15. The van der Waals surface area contributed by atoms with Crippen molar-refractivity contribution in [3.05, 3.63) is 35.6 Å². The quantitative estimate of drug-likeness (QED) is 0.579. The number of guanidine groups is 1. The maximum Gasteiger partial charge on any atom is 0.193 e. The van der Waals surface area contributed by atoms with Crippen LogP contribution in [0.2, 0.25) is 0 Å². The van der Waals surface area contributed by atoms with Crippen molar-refractivity contribution in [3.63, 3.8) is 0 Å². The lowest BCUT2D eigenvalue weighted by atomic mass is 9.84. The van der Waals surface area contributed by atoms with Crippen molar-refractivity contribution in [2.24, 2.45) is 4.99 Å². The van der Waals surface area contributed by atoms with Gasteiger partial charge in [0.25, 0.3) is 0 Å². The molecule has 0 spiro atoms. The van der Waals surface area contributed by atoms with Gasteiger partial charge in [0.2, 0.25) is 0 Å². The van der Waals surface area contributed by atoms with Crippen molar-refractivity contribution in [3.8, 4) is 0 Å². The maximum atomic E-state index is 14.2. The Labute approximate surface area is 174 Å². The molecule has 2 saturated heterocycles. The molecule has 0 saturated carbocycles. The highest BCUT2D eigenvalue weighted by atomic mass is 19.1. The Morgan fingerprint density at radius 2 is 2.00 bits per heavy atom. The van der Waals surface area contributed by atoms with E-state index < -0.39 is 0 Å². The van der Waals surface area contributed by atoms with Gasteiger partial charge in [-0.2, -0.15) is 0 Å². The molecule has 0 bridgehead atoms. The summed E-state index contributed by atoms with van der Waals surface area (Å²) < 4.78 is 26.1. The predicted octanol–water partition coefficient (Wildman–Crippen LogP) is 3.73. The molecule has 1 aromatic carbocycles. The molecule has 0 aliphatic carbocycles. The topological polar surface area (TPSA) is 46.1 Å². The van der Waals surface area contributed by atoms with Gasteiger partial charge in [-0.15, -0.1) is 0 Å². The van der Waals surface area contributed by atoms with E-state index in [4.69, 9.17) is 9.47 Å². The summed E-state index contributed by atoms with van der Waals surface area (Å²) >= 11 is 0. The fraction of sp³-hybridized carbons (Fsp3) is 0.696. The predicted molar refractivity (Wildman–Crippen MR) is 115 cm³/mol. The zero-order valence-electron chi connectivity index (χ0n) is 18.1. The number of ether oxygens (including phenoxy) is 2. The first-order valence-corrected chi connectivity index (χ1v) is 10.9. The molecule has 1 N–H and O–H groups in total. The summed E-state index contributed by atoms with van der Waals surface area (Å²) in [6.07, 6.45) is 6.09. The molecule has 162 valence electrons. The number of likely N-dealkylation sites (tertiary alicyclic amines) is 1. The third-order valence-corrected chi connectivity index (χ3v) is 6.04. The van der Waals surface area contributed by atoms with Crippen LogP contribution in [0.1, 0.15) is 51.5 Å². The summed E-state index contributed by atoms with van der Waals surface area (Å²) in [6, 6.07) is 7.00. The van der Waals surface area contributed by atoms with E-state index in [0.29, 0.717) is 19.3 Å². The molecule has 0 aromatic heterocycles. The van der Waals surface area contributed by atoms with E-state index in [1.165, 1.54) is 18.9 Å². The average molecular weight is 406 g/mol. The van der Waals surface area contributed by atoms with Crippen LogP contribution in [0.25, 0.3) is 0 Å². The van der Waals surface area contributed by atoms with Crippen molar-refractivity contribution < 1.29 is 13.9 Å². The van der Waals surface area contributed by atoms with Crippen LogP contribution in [0.5, 0.6) is 0 Å². The zero-order valence-corrected chi connectivity index (χ0v) is 18.1. The summed E-state index contributed by atoms with van der Waals surface area (Å²) in [5.41, 5.74) is 0.392. The number of piperidine rings is 1. The van der Waals surface area contributed by atoms with Crippen molar-refractivity contribution in [2.45, 2.75) is 63.6 Å². The molecule has 1 aromatic rings. The van der Waals surface area contributed by atoms with E-state index >= 15 is 0 Å². The van der Waals surface area contributed by atoms with Crippen molar-refractivity contribution >= 4 is 5.96 Å². The molecule has 2 fully saturated rings. The highest BCUT2D eigenvalue weighted by Crippen LogP contribution is 2.25. The molecular weight excluding hydrogens is 369 g/mol. The van der Waals surface area contributed by atoms with Crippen molar-refractivity contribution in [2.75, 3.05) is 39.9 Å². The molecule has 1 atom stereocenters. The van der Waals surface area contributed by atoms with Crippen LogP contribution >= 0.6 is 0 Å². The molecule has 3 rings (SSSR count). The van der Waals surface area contributed by atoms with E-state index in [9.17, 15) is 4.39 Å². The minimum atomic E-state index is -0.331. The Balaban J connectivity index is 1.44. The summed E-state index contributed by atoms with van der Waals surface area (Å²) in [5, 5.41) is 3.45. The summed E-state index contributed by atoms with van der Waals surface area (Å²) in [7, 11) is 1.81. The standard InChI is InChI=1S/C23H36FN3O2/c1-23(2,20-9-4-5-10-21(20)24)17-26-22(25-3)27-13-11-18(12-14-27)29-16-19-8-6-7-15-28-19/h4-5,9-10,18-19H,6-8,11-17H2,1-3H3,(H,25,26). The van der Waals surface area contributed by atoms with Gasteiger partial charge in [-0.3, -0.25) is 4.99 Å². The van der Waals surface area contributed by atoms with Gasteiger partial charge in [-0.1, -0.05) is 32.0 Å². The first-order chi connectivity index (χ1) is 14.0. The normalized spacial score (nSPS) is 22.0. The smallest absolute Gasteiger partial charge is 0.193 e. The third kappa shape index (κ3) is 6.16. The molecular formula is C23H36FN3O2. The lowest BCUT2D eigenvalue weighted by Gasteiger charge is -2.36. The third-order valence-electron chi connectivity index (χ3n) is 6.04. The number of nitrogens with zero attached hydrogens (tertiary/aromatic N) is 2. The van der Waals surface area contributed by atoms with E-state index in [1.54, 1.807) is 13.1 Å². The van der Waals surface area contributed by atoms with Gasteiger partial charge in [0.05, 0.1) is 18.8 Å². The molecule has 1 unspecified atom stereocenters. The number of hydrogen-bond donors (Lipinski definition) is 1. The number of benzene rings is 1. The molecule has 6 heteroatoms. The highest BCUT2D eigenvalue weighted by Gasteiger charge is 2.27. The molecule has 0 amide bonds. The van der Waals surface area contributed by atoms with Gasteiger partial charge in [0.15, 0.2) is 5.96 Å². The Hall–Kier alpha value is -1.66. The number of rotatable bonds is 6. The number of nitrogens with one attached hydrogen (secondary N) is 1. The van der Waals surface area contributed by atoms with Crippen LogP contribution < -0.4 is 5.32 Å². The Bertz CT molecular complexity index is 666. The van der Waals surface area contributed by atoms with Gasteiger partial charge in [0.1, 0.15) is 5.82 Å². The molecule has 29 heavy (non-hydrogen) atoms. The SMILES string of the molecule is CN=C(NCC(C)(C)c1ccccc1F)N1CCC(OCC2CCCCO2)CC1. The first kappa shape index (κ1) is 22.0. The van der Waals surface area contributed by atoms with E-state index in [1.807, 2.05) is 12.1 Å². The second kappa shape index (κ2) is 10.4. The molecule has 0 radical (unpaired) electrons. The van der Waals surface area contributed by atoms with Gasteiger partial charge < -0.3 is 19.7 Å². The lowest BCUT2D eigenvalue weighted by molar-refractivity contribution is -0.0721. The van der Waals surface area contributed by atoms with Crippen LogP contribution in [0.15, 0.2) is 29.3 Å². The number of halogens is 1. The molecule has 5 nitrogen and oxygen atoms in total. The Morgan fingerprint density at radius 1 is 1.24 bits per heavy atom. The minimum absolute atomic E-state index is 0.158. The monoisotopic (exact) mass is 405 g/mol. The molecule has 2 aliphatic rings. The van der Waals surface area contributed by atoms with Crippen LogP contribution in [0.4, 0.5) is 4.39 Å². The van der Waals surface area contributed by atoms with Gasteiger partial charge in [0, 0.05) is 38.7 Å². The summed E-state index contributed by atoms with van der Waals surface area (Å²) in [4.78, 5) is 6.72. The van der Waals surface area contributed by atoms with Crippen molar-refractivity contribution in [1.82, 2.24) is 10.2 Å². The highest BCUT2D eigenvalue weighted by molar-refractivity contribution is 5.80. The second-order valence-corrected chi connectivity index (χ2v) is 8.77. The van der Waals surface area contributed by atoms with Crippen LogP contribution in [0, 0.1) is 5.82 Å². The summed E-state index contributed by atoms with van der Waals surface area (Å²) in [6.45, 7) is 8.15.